The van der Waals surface area contributed by atoms with E-state index in [4.69, 9.17) is 16.7 Å². The molecular weight excluding hydrogens is 282 g/mol. The Balaban J connectivity index is 1.98. The van der Waals surface area contributed by atoms with Gasteiger partial charge in [-0.3, -0.25) is 0 Å². The van der Waals surface area contributed by atoms with Gasteiger partial charge in [0.2, 0.25) is 0 Å². The van der Waals surface area contributed by atoms with E-state index in [-0.39, 0.29) is 0 Å². The van der Waals surface area contributed by atoms with Gasteiger partial charge in [-0.2, -0.15) is 5.10 Å². The minimum absolute atomic E-state index is 0.735. The van der Waals surface area contributed by atoms with Crippen molar-refractivity contribution in [1.29, 1.82) is 0 Å². The molecule has 0 unspecified atom stereocenters. The highest BCUT2D eigenvalue weighted by atomic mass is 35.5. The maximum absolute atomic E-state index is 5.99. The van der Waals surface area contributed by atoms with Crippen LogP contribution in [0.3, 0.4) is 0 Å². The Labute approximate surface area is 128 Å². The molecule has 3 aromatic rings. The Bertz CT molecular complexity index is 819. The number of rotatable bonds is 1. The third-order valence-electron chi connectivity index (χ3n) is 3.89. The fourth-order valence-electron chi connectivity index (χ4n) is 2.84. The van der Waals surface area contributed by atoms with Crippen LogP contribution in [0.4, 0.5) is 5.69 Å². The van der Waals surface area contributed by atoms with E-state index in [1.54, 1.807) is 0 Å². The van der Waals surface area contributed by atoms with Crippen molar-refractivity contribution in [3.8, 4) is 16.9 Å². The molecule has 21 heavy (non-hydrogen) atoms. The summed E-state index contributed by atoms with van der Waals surface area (Å²) in [5.74, 6) is 0. The van der Waals surface area contributed by atoms with Gasteiger partial charge < -0.3 is 5.32 Å². The first-order chi connectivity index (χ1) is 10.2. The lowest BCUT2D eigenvalue weighted by Gasteiger charge is -2.20. The Morgan fingerprint density at radius 2 is 1.86 bits per heavy atom. The zero-order valence-corrected chi connectivity index (χ0v) is 12.4. The molecule has 0 atom stereocenters. The van der Waals surface area contributed by atoms with Gasteiger partial charge in [0.15, 0.2) is 0 Å². The predicted octanol–water partition coefficient (Wildman–Crippen LogP) is 4.43. The number of fused-ring (bicyclic) bond motifs is 3. The van der Waals surface area contributed by atoms with E-state index in [1.165, 1.54) is 16.8 Å². The molecule has 0 fully saturated rings. The molecule has 3 nitrogen and oxygen atoms in total. The van der Waals surface area contributed by atoms with Crippen molar-refractivity contribution in [3.63, 3.8) is 0 Å². The highest BCUT2D eigenvalue weighted by Crippen LogP contribution is 2.38. The number of benzene rings is 2. The predicted molar refractivity (Wildman–Crippen MR) is 86.1 cm³/mol. The van der Waals surface area contributed by atoms with Crippen molar-refractivity contribution in [2.75, 3.05) is 5.32 Å². The summed E-state index contributed by atoms with van der Waals surface area (Å²) in [6, 6.07) is 16.1. The third kappa shape index (κ3) is 1.93. The van der Waals surface area contributed by atoms with Gasteiger partial charge in [-0.15, -0.1) is 0 Å². The topological polar surface area (TPSA) is 29.9 Å². The molecule has 2 heterocycles. The average Bonchev–Trinajstić information content (AvgIpc) is 2.86. The Kier molecular flexibility index (Phi) is 2.76. The molecule has 1 aromatic heterocycles. The molecule has 1 aliphatic rings. The van der Waals surface area contributed by atoms with Crippen LogP contribution in [-0.4, -0.2) is 9.78 Å². The SMILES string of the molecule is Cc1nn(-c2ccc(Cl)cc2)c2c1CNc1ccccc1-2. The van der Waals surface area contributed by atoms with Crippen LogP contribution in [0, 0.1) is 6.92 Å². The standard InChI is InChI=1S/C17H14ClN3/c1-11-15-10-19-16-5-3-2-4-14(16)17(15)21(20-11)13-8-6-12(18)7-9-13/h2-9,19H,10H2,1H3. The Hall–Kier alpha value is -2.26. The number of aromatic nitrogens is 2. The van der Waals surface area contributed by atoms with Gasteiger partial charge in [0.05, 0.1) is 17.1 Å². The van der Waals surface area contributed by atoms with E-state index in [1.807, 2.05) is 35.0 Å². The second-order valence-electron chi connectivity index (χ2n) is 5.20. The van der Waals surface area contributed by atoms with Crippen molar-refractivity contribution in [3.05, 3.63) is 64.8 Å². The zero-order valence-electron chi connectivity index (χ0n) is 11.6. The average molecular weight is 296 g/mol. The lowest BCUT2D eigenvalue weighted by atomic mass is 10.00. The number of halogens is 1. The summed E-state index contributed by atoms with van der Waals surface area (Å²) in [5.41, 5.74) is 6.85. The Morgan fingerprint density at radius 1 is 1.10 bits per heavy atom. The van der Waals surface area contributed by atoms with Gasteiger partial charge in [-0.1, -0.05) is 29.8 Å². The lowest BCUT2D eigenvalue weighted by Crippen LogP contribution is -2.10. The van der Waals surface area contributed by atoms with Crippen LogP contribution < -0.4 is 5.32 Å². The smallest absolute Gasteiger partial charge is 0.0814 e. The monoisotopic (exact) mass is 295 g/mol. The fraction of sp³-hybridized carbons (Fsp3) is 0.118. The van der Waals surface area contributed by atoms with Crippen LogP contribution >= 0.6 is 11.6 Å². The fourth-order valence-corrected chi connectivity index (χ4v) is 2.97. The van der Waals surface area contributed by atoms with Gasteiger partial charge in [-0.05, 0) is 37.3 Å². The molecule has 0 amide bonds. The zero-order chi connectivity index (χ0) is 14.4. The number of aryl methyl sites for hydroxylation is 1. The van der Waals surface area contributed by atoms with Crippen LogP contribution in [0.2, 0.25) is 5.02 Å². The van der Waals surface area contributed by atoms with Crippen molar-refractivity contribution in [2.24, 2.45) is 0 Å². The summed E-state index contributed by atoms with van der Waals surface area (Å²) in [4.78, 5) is 0. The van der Waals surface area contributed by atoms with Crippen LogP contribution in [0.15, 0.2) is 48.5 Å². The van der Waals surface area contributed by atoms with E-state index < -0.39 is 0 Å². The number of nitrogens with zero attached hydrogens (tertiary/aromatic N) is 2. The van der Waals surface area contributed by atoms with Gasteiger partial charge >= 0.3 is 0 Å². The maximum Gasteiger partial charge on any atom is 0.0814 e. The van der Waals surface area contributed by atoms with Gasteiger partial charge in [-0.25, -0.2) is 4.68 Å². The van der Waals surface area contributed by atoms with E-state index in [0.29, 0.717) is 0 Å². The molecule has 4 heteroatoms. The third-order valence-corrected chi connectivity index (χ3v) is 4.15. The van der Waals surface area contributed by atoms with Crippen molar-refractivity contribution < 1.29 is 0 Å². The minimum atomic E-state index is 0.735. The normalized spacial score (nSPS) is 12.5. The molecule has 4 rings (SSSR count). The second-order valence-corrected chi connectivity index (χ2v) is 5.64. The second kappa shape index (κ2) is 4.64. The first-order valence-corrected chi connectivity index (χ1v) is 7.29. The molecule has 0 spiro atoms. The molecule has 0 bridgehead atoms. The molecule has 104 valence electrons. The number of anilines is 1. The summed E-state index contributed by atoms with van der Waals surface area (Å²) in [7, 11) is 0. The molecule has 0 saturated heterocycles. The van der Waals surface area contributed by atoms with Crippen LogP contribution in [-0.2, 0) is 6.54 Å². The number of para-hydroxylation sites is 1. The molecule has 1 aliphatic heterocycles. The summed E-state index contributed by atoms with van der Waals surface area (Å²) in [5, 5.41) is 8.92. The molecular formula is C17H14ClN3. The minimum Gasteiger partial charge on any atom is -0.380 e. The number of hydrogen-bond donors (Lipinski definition) is 1. The molecule has 0 aliphatic carbocycles. The lowest BCUT2D eigenvalue weighted by molar-refractivity contribution is 0.869. The first kappa shape index (κ1) is 12.5. The van der Waals surface area contributed by atoms with Crippen LogP contribution in [0.5, 0.6) is 0 Å². The molecule has 0 radical (unpaired) electrons. The quantitative estimate of drug-likeness (QED) is 0.720. The summed E-state index contributed by atoms with van der Waals surface area (Å²) in [6.45, 7) is 2.87. The largest absolute Gasteiger partial charge is 0.380 e. The van der Waals surface area contributed by atoms with Gasteiger partial charge in [0.25, 0.3) is 0 Å². The molecule has 2 aromatic carbocycles. The first-order valence-electron chi connectivity index (χ1n) is 6.92. The van der Waals surface area contributed by atoms with E-state index in [2.05, 4.69) is 30.4 Å². The number of nitrogens with one attached hydrogen (secondary N) is 1. The summed E-state index contributed by atoms with van der Waals surface area (Å²) in [6.07, 6.45) is 0. The molecule has 1 N–H and O–H groups in total. The maximum atomic E-state index is 5.99. The van der Waals surface area contributed by atoms with Crippen molar-refractivity contribution in [2.45, 2.75) is 13.5 Å². The van der Waals surface area contributed by atoms with Crippen molar-refractivity contribution >= 4 is 17.3 Å². The molecule has 0 saturated carbocycles. The van der Waals surface area contributed by atoms with Gasteiger partial charge in [0.1, 0.15) is 0 Å². The van der Waals surface area contributed by atoms with Crippen LogP contribution in [0.1, 0.15) is 11.3 Å². The Morgan fingerprint density at radius 3 is 2.67 bits per heavy atom. The van der Waals surface area contributed by atoms with E-state index in [0.717, 1.165) is 28.6 Å². The summed E-state index contributed by atoms with van der Waals surface area (Å²) < 4.78 is 2.01. The summed E-state index contributed by atoms with van der Waals surface area (Å²) >= 11 is 5.99. The number of hydrogen-bond acceptors (Lipinski definition) is 2. The van der Waals surface area contributed by atoms with Crippen LogP contribution in [0.25, 0.3) is 16.9 Å². The van der Waals surface area contributed by atoms with E-state index >= 15 is 0 Å². The van der Waals surface area contributed by atoms with E-state index in [9.17, 15) is 0 Å². The highest BCUT2D eigenvalue weighted by Gasteiger charge is 2.23. The van der Waals surface area contributed by atoms with Gasteiger partial charge in [0, 0.05) is 28.4 Å². The highest BCUT2D eigenvalue weighted by molar-refractivity contribution is 6.30. The van der Waals surface area contributed by atoms with Crippen molar-refractivity contribution in [1.82, 2.24) is 9.78 Å².